The molecule has 0 unspecified atom stereocenters. The summed E-state index contributed by atoms with van der Waals surface area (Å²) in [5, 5.41) is 2.65. The van der Waals surface area contributed by atoms with Gasteiger partial charge in [0.25, 0.3) is 0 Å². The largest absolute Gasteiger partial charge is 0.493 e. The number of methoxy groups -OCH3 is 2. The van der Waals surface area contributed by atoms with E-state index in [9.17, 15) is 9.18 Å². The predicted molar refractivity (Wildman–Crippen MR) is 86.0 cm³/mol. The van der Waals surface area contributed by atoms with Crippen LogP contribution in [0.1, 0.15) is 5.56 Å². The topological polar surface area (TPSA) is 47.6 Å². The molecule has 0 heterocycles. The molecule has 6 heteroatoms. The number of amides is 1. The molecule has 4 nitrogen and oxygen atoms in total. The minimum atomic E-state index is -0.398. The maximum absolute atomic E-state index is 13.1. The zero-order valence-corrected chi connectivity index (χ0v) is 13.7. The van der Waals surface area contributed by atoms with Crippen LogP contribution in [0.15, 0.2) is 40.9 Å². The van der Waals surface area contributed by atoms with Crippen LogP contribution in [0.5, 0.6) is 11.5 Å². The Bertz CT molecular complexity index is 691. The third-order valence-electron chi connectivity index (χ3n) is 3.01. The van der Waals surface area contributed by atoms with Crippen molar-refractivity contribution in [1.29, 1.82) is 0 Å². The molecule has 22 heavy (non-hydrogen) atoms. The van der Waals surface area contributed by atoms with Crippen molar-refractivity contribution in [2.24, 2.45) is 0 Å². The Hall–Kier alpha value is -2.08. The number of rotatable bonds is 5. The Morgan fingerprint density at radius 3 is 2.50 bits per heavy atom. The third kappa shape index (κ3) is 3.98. The number of carbonyl (C=O) groups excluding carboxylic acids is 1. The van der Waals surface area contributed by atoms with Crippen LogP contribution < -0.4 is 14.8 Å². The summed E-state index contributed by atoms with van der Waals surface area (Å²) >= 11 is 3.40. The highest BCUT2D eigenvalue weighted by molar-refractivity contribution is 9.10. The molecule has 2 aromatic carbocycles. The van der Waals surface area contributed by atoms with Crippen LogP contribution >= 0.6 is 15.9 Å². The minimum absolute atomic E-state index is 0.122. The average Bonchev–Trinajstić information content (AvgIpc) is 2.48. The van der Waals surface area contributed by atoms with E-state index in [2.05, 4.69) is 21.2 Å². The molecule has 0 saturated heterocycles. The number of nitrogens with one attached hydrogen (secondary N) is 1. The molecule has 0 fully saturated rings. The molecule has 1 amide bonds. The van der Waals surface area contributed by atoms with E-state index in [4.69, 9.17) is 9.47 Å². The summed E-state index contributed by atoms with van der Waals surface area (Å²) in [6, 6.07) is 9.22. The molecular weight excluding hydrogens is 353 g/mol. The van der Waals surface area contributed by atoms with Gasteiger partial charge in [-0.1, -0.05) is 22.0 Å². The van der Waals surface area contributed by atoms with Crippen LogP contribution in [0.4, 0.5) is 10.1 Å². The van der Waals surface area contributed by atoms with E-state index in [1.165, 1.54) is 25.3 Å². The van der Waals surface area contributed by atoms with Gasteiger partial charge in [0.2, 0.25) is 5.91 Å². The fraction of sp³-hybridized carbons (Fsp3) is 0.188. The lowest BCUT2D eigenvalue weighted by molar-refractivity contribution is -0.115. The Balaban J connectivity index is 2.14. The van der Waals surface area contributed by atoms with Gasteiger partial charge in [-0.05, 0) is 35.9 Å². The van der Waals surface area contributed by atoms with Gasteiger partial charge in [0.1, 0.15) is 5.82 Å². The van der Waals surface area contributed by atoms with E-state index < -0.39 is 5.82 Å². The van der Waals surface area contributed by atoms with Gasteiger partial charge in [-0.25, -0.2) is 4.39 Å². The van der Waals surface area contributed by atoms with Crippen molar-refractivity contribution in [1.82, 2.24) is 0 Å². The fourth-order valence-electron chi connectivity index (χ4n) is 1.98. The van der Waals surface area contributed by atoms with Gasteiger partial charge in [0.05, 0.1) is 20.6 Å². The van der Waals surface area contributed by atoms with Gasteiger partial charge in [-0.3, -0.25) is 4.79 Å². The standard InChI is InChI=1S/C16H15BrFNO3/c1-21-14-6-10(13(17)9-15(14)22-2)7-16(20)19-12-5-3-4-11(18)8-12/h3-6,8-9H,7H2,1-2H3,(H,19,20). The summed E-state index contributed by atoms with van der Waals surface area (Å²) in [5.74, 6) is 0.464. The zero-order valence-electron chi connectivity index (χ0n) is 12.2. The summed E-state index contributed by atoms with van der Waals surface area (Å²) in [4.78, 5) is 12.1. The molecule has 0 atom stereocenters. The lowest BCUT2D eigenvalue weighted by atomic mass is 10.1. The van der Waals surface area contributed by atoms with Crippen molar-refractivity contribution >= 4 is 27.5 Å². The SMILES string of the molecule is COc1cc(Br)c(CC(=O)Nc2cccc(F)c2)cc1OC. The first-order valence-electron chi connectivity index (χ1n) is 6.49. The van der Waals surface area contributed by atoms with Crippen molar-refractivity contribution in [3.63, 3.8) is 0 Å². The molecule has 0 aliphatic carbocycles. The highest BCUT2D eigenvalue weighted by Crippen LogP contribution is 2.33. The second-order valence-corrected chi connectivity index (χ2v) is 5.39. The minimum Gasteiger partial charge on any atom is -0.493 e. The molecule has 116 valence electrons. The molecule has 2 rings (SSSR count). The van der Waals surface area contributed by atoms with E-state index in [1.807, 2.05) is 0 Å². The molecule has 0 bridgehead atoms. The van der Waals surface area contributed by atoms with Crippen molar-refractivity contribution in [2.45, 2.75) is 6.42 Å². The van der Waals surface area contributed by atoms with Gasteiger partial charge in [-0.15, -0.1) is 0 Å². The van der Waals surface area contributed by atoms with E-state index in [1.54, 1.807) is 25.3 Å². The van der Waals surface area contributed by atoms with E-state index in [0.29, 0.717) is 17.2 Å². The first-order valence-corrected chi connectivity index (χ1v) is 7.28. The van der Waals surface area contributed by atoms with Gasteiger partial charge < -0.3 is 14.8 Å². The zero-order chi connectivity index (χ0) is 16.1. The Labute approximate surface area is 136 Å². The fourth-order valence-corrected chi connectivity index (χ4v) is 2.44. The molecule has 0 aliphatic heterocycles. The molecule has 1 N–H and O–H groups in total. The maximum atomic E-state index is 13.1. The number of anilines is 1. The third-order valence-corrected chi connectivity index (χ3v) is 3.75. The van der Waals surface area contributed by atoms with Gasteiger partial charge in [0.15, 0.2) is 11.5 Å². The summed E-state index contributed by atoms with van der Waals surface area (Å²) in [6.45, 7) is 0. The van der Waals surface area contributed by atoms with Crippen molar-refractivity contribution in [3.8, 4) is 11.5 Å². The van der Waals surface area contributed by atoms with Crippen molar-refractivity contribution < 1.29 is 18.7 Å². The smallest absolute Gasteiger partial charge is 0.228 e. The van der Waals surface area contributed by atoms with Gasteiger partial charge >= 0.3 is 0 Å². The molecule has 0 aromatic heterocycles. The van der Waals surface area contributed by atoms with Crippen LogP contribution in [0, 0.1) is 5.82 Å². The average molecular weight is 368 g/mol. The molecule has 0 spiro atoms. The van der Waals surface area contributed by atoms with E-state index >= 15 is 0 Å². The number of hydrogen-bond donors (Lipinski definition) is 1. The Morgan fingerprint density at radius 2 is 1.86 bits per heavy atom. The second-order valence-electron chi connectivity index (χ2n) is 4.53. The monoisotopic (exact) mass is 367 g/mol. The predicted octanol–water partition coefficient (Wildman–Crippen LogP) is 3.79. The van der Waals surface area contributed by atoms with Crippen molar-refractivity contribution in [3.05, 3.63) is 52.3 Å². The first-order chi connectivity index (χ1) is 10.5. The highest BCUT2D eigenvalue weighted by atomic mass is 79.9. The van der Waals surface area contributed by atoms with Crippen LogP contribution in [0.2, 0.25) is 0 Å². The molecule has 0 radical (unpaired) electrons. The van der Waals surface area contributed by atoms with Gasteiger partial charge in [0, 0.05) is 10.2 Å². The van der Waals surface area contributed by atoms with Crippen LogP contribution in [0.25, 0.3) is 0 Å². The maximum Gasteiger partial charge on any atom is 0.228 e. The number of carbonyl (C=O) groups is 1. The quantitative estimate of drug-likeness (QED) is 0.874. The Morgan fingerprint density at radius 1 is 1.18 bits per heavy atom. The molecule has 2 aromatic rings. The second kappa shape index (κ2) is 7.26. The summed E-state index contributed by atoms with van der Waals surface area (Å²) in [7, 11) is 3.07. The number of ether oxygens (including phenoxy) is 2. The van der Waals surface area contributed by atoms with E-state index in [0.717, 1.165) is 10.0 Å². The summed E-state index contributed by atoms with van der Waals surface area (Å²) in [6.07, 6.45) is 0.122. The number of hydrogen-bond acceptors (Lipinski definition) is 3. The highest BCUT2D eigenvalue weighted by Gasteiger charge is 2.13. The van der Waals surface area contributed by atoms with Crippen LogP contribution in [-0.4, -0.2) is 20.1 Å². The van der Waals surface area contributed by atoms with E-state index in [-0.39, 0.29) is 12.3 Å². The lowest BCUT2D eigenvalue weighted by Gasteiger charge is -2.12. The number of halogens is 2. The van der Waals surface area contributed by atoms with Crippen LogP contribution in [-0.2, 0) is 11.2 Å². The number of benzene rings is 2. The van der Waals surface area contributed by atoms with Gasteiger partial charge in [-0.2, -0.15) is 0 Å². The van der Waals surface area contributed by atoms with Crippen molar-refractivity contribution in [2.75, 3.05) is 19.5 Å². The summed E-state index contributed by atoms with van der Waals surface area (Å²) < 4.78 is 24.2. The Kier molecular flexibility index (Phi) is 5.38. The first kappa shape index (κ1) is 16.3. The summed E-state index contributed by atoms with van der Waals surface area (Å²) in [5.41, 5.74) is 1.16. The molecule has 0 aliphatic rings. The van der Waals surface area contributed by atoms with Crippen LogP contribution in [0.3, 0.4) is 0 Å². The normalized spacial score (nSPS) is 10.2. The molecular formula is C16H15BrFNO3. The lowest BCUT2D eigenvalue weighted by Crippen LogP contribution is -2.15. The molecule has 0 saturated carbocycles.